The molecule has 0 bridgehead atoms. The summed E-state index contributed by atoms with van der Waals surface area (Å²) in [5.74, 6) is 0.0429. The Morgan fingerprint density at radius 2 is 2.12 bits per heavy atom. The summed E-state index contributed by atoms with van der Waals surface area (Å²) in [5, 5.41) is 2.77. The number of rotatable bonds is 2. The van der Waals surface area contributed by atoms with E-state index in [0.717, 1.165) is 5.56 Å². The molecular weight excluding hydrogens is 238 g/mol. The zero-order valence-corrected chi connectivity index (χ0v) is 10.5. The van der Waals surface area contributed by atoms with Crippen LogP contribution in [0.5, 0.6) is 0 Å². The summed E-state index contributed by atoms with van der Waals surface area (Å²) in [6.07, 6.45) is 0.514. The summed E-state index contributed by atoms with van der Waals surface area (Å²) in [6.45, 7) is 1.86. The molecule has 5 heteroatoms. The first-order valence-electron chi connectivity index (χ1n) is 5.55. The predicted molar refractivity (Wildman–Crippen MR) is 67.8 cm³/mol. The van der Waals surface area contributed by atoms with Gasteiger partial charge in [-0.2, -0.15) is 0 Å². The minimum Gasteiger partial charge on any atom is -0.348 e. The van der Waals surface area contributed by atoms with Crippen LogP contribution in [-0.2, 0) is 9.84 Å². The molecule has 1 aromatic carbocycles. The number of hydrogen-bond acceptors (Lipinski definition) is 3. The summed E-state index contributed by atoms with van der Waals surface area (Å²) in [6, 6.07) is 7.03. The molecule has 0 aromatic heterocycles. The zero-order chi connectivity index (χ0) is 12.5. The monoisotopic (exact) mass is 255 g/mol. The van der Waals surface area contributed by atoms with Crippen molar-refractivity contribution >= 4 is 15.7 Å². The number of benzene rings is 1. The van der Waals surface area contributed by atoms with Crippen molar-refractivity contribution in [2.24, 2.45) is 0 Å². The number of carbonyl (C=O) groups excluding carboxylic acids is 1. The van der Waals surface area contributed by atoms with E-state index in [9.17, 15) is 13.2 Å². The van der Waals surface area contributed by atoms with Crippen LogP contribution in [0.4, 0.5) is 0 Å². The first-order chi connectivity index (χ1) is 7.98. The van der Waals surface area contributed by atoms with Crippen molar-refractivity contribution in [1.82, 2.24) is 5.32 Å². The molecule has 1 aromatic rings. The molecule has 1 aliphatic heterocycles. The lowest BCUT2D eigenvalue weighted by Crippen LogP contribution is -2.35. The summed E-state index contributed by atoms with van der Waals surface area (Å²) in [7, 11) is -2.95. The maximum Gasteiger partial charge on any atom is 0.251 e. The first-order valence-corrected chi connectivity index (χ1v) is 7.37. The Morgan fingerprint density at radius 1 is 1.41 bits per heavy atom. The smallest absolute Gasteiger partial charge is 0.251 e. The molecular formula is C12H17NO3S. The molecule has 17 heavy (non-hydrogen) atoms. The van der Waals surface area contributed by atoms with Gasteiger partial charge in [-0.1, -0.05) is 18.2 Å². The number of hydrogen-bond donors (Lipinski definition) is 1. The molecule has 1 aliphatic rings. The Balaban J connectivity index is 0.00000162. The van der Waals surface area contributed by atoms with Gasteiger partial charge in [-0.25, -0.2) is 8.42 Å². The van der Waals surface area contributed by atoms with Gasteiger partial charge in [-0.3, -0.25) is 4.79 Å². The quantitative estimate of drug-likeness (QED) is 0.862. The van der Waals surface area contributed by atoms with Crippen molar-refractivity contribution < 1.29 is 14.6 Å². The van der Waals surface area contributed by atoms with Crippen molar-refractivity contribution in [2.45, 2.75) is 19.4 Å². The number of nitrogens with one attached hydrogen (secondary N) is 1. The van der Waals surface area contributed by atoms with Gasteiger partial charge in [-0.15, -0.1) is 0 Å². The molecule has 1 N–H and O–H groups in total. The number of sulfone groups is 1. The first kappa shape index (κ1) is 12.1. The van der Waals surface area contributed by atoms with Gasteiger partial charge < -0.3 is 5.32 Å². The van der Waals surface area contributed by atoms with Gasteiger partial charge in [0.15, 0.2) is 9.84 Å². The molecule has 0 aliphatic carbocycles. The highest BCUT2D eigenvalue weighted by Gasteiger charge is 2.29. The number of amides is 1. The van der Waals surface area contributed by atoms with Crippen molar-refractivity contribution in [3.63, 3.8) is 0 Å². The zero-order valence-electron chi connectivity index (χ0n) is 9.64. The maximum atomic E-state index is 11.9. The van der Waals surface area contributed by atoms with Crippen LogP contribution in [0, 0.1) is 6.92 Å². The van der Waals surface area contributed by atoms with Crippen molar-refractivity contribution in [3.8, 4) is 0 Å². The average Bonchev–Trinajstić information content (AvgIpc) is 2.58. The number of carbonyl (C=O) groups is 1. The molecule has 4 nitrogen and oxygen atoms in total. The summed E-state index contributed by atoms with van der Waals surface area (Å²) < 4.78 is 22.5. The van der Waals surface area contributed by atoms with Gasteiger partial charge in [0.25, 0.3) is 5.91 Å². The molecule has 1 atom stereocenters. The van der Waals surface area contributed by atoms with Crippen LogP contribution in [0.3, 0.4) is 0 Å². The molecule has 94 valence electrons. The fraction of sp³-hybridized carbons (Fsp3) is 0.417. The van der Waals surface area contributed by atoms with Crippen LogP contribution in [0.25, 0.3) is 0 Å². The SMILES string of the molecule is Cc1ccccc1C(=O)NC1CCS(=O)(=O)C1.[HH]. The predicted octanol–water partition coefficient (Wildman–Crippen LogP) is 1.16. The fourth-order valence-electron chi connectivity index (χ4n) is 2.00. The average molecular weight is 255 g/mol. The van der Waals surface area contributed by atoms with Crippen LogP contribution in [0.1, 0.15) is 23.8 Å². The van der Waals surface area contributed by atoms with E-state index >= 15 is 0 Å². The summed E-state index contributed by atoms with van der Waals surface area (Å²) in [5.41, 5.74) is 1.50. The van der Waals surface area contributed by atoms with E-state index in [0.29, 0.717) is 12.0 Å². The fourth-order valence-corrected chi connectivity index (χ4v) is 3.67. The largest absolute Gasteiger partial charge is 0.348 e. The molecule has 1 saturated heterocycles. The normalized spacial score (nSPS) is 22.3. The van der Waals surface area contributed by atoms with Gasteiger partial charge in [-0.05, 0) is 25.0 Å². The highest BCUT2D eigenvalue weighted by atomic mass is 32.2. The molecule has 1 amide bonds. The van der Waals surface area contributed by atoms with E-state index < -0.39 is 9.84 Å². The standard InChI is InChI=1S/C12H15NO3S.H2/c1-9-4-2-3-5-11(9)12(14)13-10-6-7-17(15,16)8-10;/h2-5,10H,6-8H2,1H3,(H,13,14);1H. The summed E-state index contributed by atoms with van der Waals surface area (Å²) in [4.78, 5) is 11.9. The lowest BCUT2D eigenvalue weighted by atomic mass is 10.1. The van der Waals surface area contributed by atoms with Crippen molar-refractivity contribution in [2.75, 3.05) is 11.5 Å². The third-order valence-electron chi connectivity index (χ3n) is 2.96. The Kier molecular flexibility index (Phi) is 3.19. The van der Waals surface area contributed by atoms with E-state index in [1.54, 1.807) is 12.1 Å². The lowest BCUT2D eigenvalue weighted by molar-refractivity contribution is 0.0940. The van der Waals surface area contributed by atoms with Crippen LogP contribution in [0.2, 0.25) is 0 Å². The Labute approximate surface area is 102 Å². The molecule has 0 saturated carbocycles. The van der Waals surface area contributed by atoms with Crippen LogP contribution in [-0.4, -0.2) is 31.9 Å². The van der Waals surface area contributed by atoms with Crippen LogP contribution in [0.15, 0.2) is 24.3 Å². The van der Waals surface area contributed by atoms with E-state index in [-0.39, 0.29) is 24.9 Å². The highest BCUT2D eigenvalue weighted by Crippen LogP contribution is 2.13. The minimum absolute atomic E-state index is 0. The van der Waals surface area contributed by atoms with E-state index in [1.165, 1.54) is 0 Å². The summed E-state index contributed by atoms with van der Waals surface area (Å²) >= 11 is 0. The molecule has 0 radical (unpaired) electrons. The second-order valence-corrected chi connectivity index (χ2v) is 6.62. The second-order valence-electron chi connectivity index (χ2n) is 4.39. The third kappa shape index (κ3) is 2.85. The van der Waals surface area contributed by atoms with E-state index in [1.807, 2.05) is 19.1 Å². The van der Waals surface area contributed by atoms with Gasteiger partial charge in [0.1, 0.15) is 0 Å². The van der Waals surface area contributed by atoms with Gasteiger partial charge >= 0.3 is 0 Å². The second kappa shape index (κ2) is 4.49. The van der Waals surface area contributed by atoms with Crippen LogP contribution < -0.4 is 5.32 Å². The maximum absolute atomic E-state index is 11.9. The van der Waals surface area contributed by atoms with E-state index in [4.69, 9.17) is 0 Å². The van der Waals surface area contributed by atoms with Gasteiger partial charge in [0.2, 0.25) is 0 Å². The Morgan fingerprint density at radius 3 is 2.71 bits per heavy atom. The highest BCUT2D eigenvalue weighted by molar-refractivity contribution is 7.91. The van der Waals surface area contributed by atoms with E-state index in [2.05, 4.69) is 5.32 Å². The topological polar surface area (TPSA) is 63.2 Å². The molecule has 1 fully saturated rings. The van der Waals surface area contributed by atoms with Crippen molar-refractivity contribution in [1.29, 1.82) is 0 Å². The molecule has 1 heterocycles. The number of aryl methyl sites for hydroxylation is 1. The van der Waals surface area contributed by atoms with Crippen LogP contribution >= 0.6 is 0 Å². The Bertz CT molecular complexity index is 542. The molecule has 2 rings (SSSR count). The minimum atomic E-state index is -2.95. The molecule has 1 unspecified atom stereocenters. The Hall–Kier alpha value is -1.36. The van der Waals surface area contributed by atoms with Gasteiger partial charge in [0.05, 0.1) is 11.5 Å². The lowest BCUT2D eigenvalue weighted by Gasteiger charge is -2.12. The van der Waals surface area contributed by atoms with Crippen molar-refractivity contribution in [3.05, 3.63) is 35.4 Å². The van der Waals surface area contributed by atoms with Gasteiger partial charge in [0, 0.05) is 13.0 Å². The molecule has 0 spiro atoms. The third-order valence-corrected chi connectivity index (χ3v) is 4.73.